The first-order chi connectivity index (χ1) is 2.27. The van der Waals surface area contributed by atoms with Gasteiger partial charge in [-0.2, -0.15) is 0 Å². The third kappa shape index (κ3) is 43.2. The van der Waals surface area contributed by atoms with Gasteiger partial charge in [0, 0.05) is 28.3 Å². The van der Waals surface area contributed by atoms with E-state index in [-0.39, 0.29) is 58.9 Å². The van der Waals surface area contributed by atoms with Crippen molar-refractivity contribution in [3.8, 4) is 0 Å². The number of aliphatic hydroxyl groups is 1. The first kappa shape index (κ1) is 31.2. The average molecular weight is 231 g/mol. The third-order valence-corrected chi connectivity index (χ3v) is 0.365. The van der Waals surface area contributed by atoms with E-state index in [1.165, 1.54) is 0 Å². The fourth-order valence-electron chi connectivity index (χ4n) is 0. The van der Waals surface area contributed by atoms with Crippen LogP contribution in [0.4, 0.5) is 0 Å². The van der Waals surface area contributed by atoms with Crippen LogP contribution in [0.2, 0.25) is 0 Å². The second-order valence-corrected chi connectivity index (χ2v) is 1.58. The summed E-state index contributed by atoms with van der Waals surface area (Å²) in [6.45, 7) is 4.25. The molecule has 0 aliphatic heterocycles. The summed E-state index contributed by atoms with van der Waals surface area (Å²) in [7, 11) is 0. The van der Waals surface area contributed by atoms with Crippen LogP contribution in [0.15, 0.2) is 0 Å². The first-order valence-corrected chi connectivity index (χ1v) is 1.88. The van der Waals surface area contributed by atoms with Crippen LogP contribution in [0.3, 0.4) is 0 Å². The van der Waals surface area contributed by atoms with Gasteiger partial charge in [0.25, 0.3) is 0 Å². The van der Waals surface area contributed by atoms with E-state index in [1.807, 2.05) is 13.8 Å². The van der Waals surface area contributed by atoms with E-state index in [9.17, 15) is 0 Å². The number of halogens is 3. The third-order valence-electron chi connectivity index (χ3n) is 0.365. The molecular weight excluding hydrogens is 218 g/mol. The van der Waals surface area contributed by atoms with Gasteiger partial charge in [-0.05, 0) is 5.92 Å². The summed E-state index contributed by atoms with van der Waals surface area (Å²) in [4.78, 5) is 0. The molecule has 0 aliphatic carbocycles. The van der Waals surface area contributed by atoms with E-state index < -0.39 is 0 Å². The Labute approximate surface area is 90.1 Å². The van der Waals surface area contributed by atoms with Gasteiger partial charge in [0.1, 0.15) is 0 Å². The van der Waals surface area contributed by atoms with Crippen molar-refractivity contribution in [2.45, 2.75) is 13.8 Å². The molecule has 0 rings (SSSR count). The Morgan fingerprint density at radius 3 is 1.22 bits per heavy atom. The summed E-state index contributed by atoms with van der Waals surface area (Å²) in [5.74, 6) is 0.440. The van der Waals surface area contributed by atoms with E-state index >= 15 is 0 Å². The zero-order valence-electron chi connectivity index (χ0n) is 5.46. The van der Waals surface area contributed by atoms with Gasteiger partial charge < -0.3 is 5.11 Å². The van der Waals surface area contributed by atoms with Gasteiger partial charge in [-0.15, -0.1) is 37.2 Å². The minimum atomic E-state index is 0. The van der Waals surface area contributed by atoms with Gasteiger partial charge in [0.2, 0.25) is 0 Å². The molecule has 0 aromatic carbocycles. The first-order valence-electron chi connectivity index (χ1n) is 1.88. The van der Waals surface area contributed by atoms with E-state index in [0.29, 0.717) is 12.5 Å². The van der Waals surface area contributed by atoms with E-state index in [4.69, 9.17) is 5.11 Å². The molecule has 0 saturated carbocycles. The van der Waals surface area contributed by atoms with Crippen LogP contribution >= 0.6 is 37.2 Å². The fourth-order valence-corrected chi connectivity index (χ4v) is 0. The molecule has 9 heavy (non-hydrogen) atoms. The number of hydrogen-bond acceptors (Lipinski definition) is 1. The Kier molecular flexibility index (Phi) is 78.7. The average Bonchev–Trinajstić information content (AvgIpc) is 1.38. The maximum atomic E-state index is 8.14. The Morgan fingerprint density at radius 1 is 1.11 bits per heavy atom. The quantitative estimate of drug-likeness (QED) is 0.683. The van der Waals surface area contributed by atoms with Gasteiger partial charge in [-0.3, -0.25) is 0 Å². The van der Waals surface area contributed by atoms with Crippen molar-refractivity contribution in [1.29, 1.82) is 0 Å². The van der Waals surface area contributed by atoms with E-state index in [0.717, 1.165) is 0 Å². The SMILES string of the molecule is CC(C)CO.Cl.Cl.Cl.[Ti]. The predicted molar refractivity (Wildman–Crippen MR) is 43.7 cm³/mol. The number of rotatable bonds is 1. The van der Waals surface area contributed by atoms with Crippen molar-refractivity contribution >= 4 is 37.2 Å². The van der Waals surface area contributed by atoms with Gasteiger partial charge in [0.05, 0.1) is 0 Å². The molecule has 0 heterocycles. The maximum Gasteiger partial charge on any atom is 0.0453 e. The molecular formula is C4H13Cl3OTi. The van der Waals surface area contributed by atoms with Gasteiger partial charge in [-0.25, -0.2) is 0 Å². The minimum Gasteiger partial charge on any atom is -0.396 e. The van der Waals surface area contributed by atoms with Gasteiger partial charge in [0.15, 0.2) is 0 Å². The van der Waals surface area contributed by atoms with Crippen LogP contribution in [0.5, 0.6) is 0 Å². The predicted octanol–water partition coefficient (Wildman–Crippen LogP) is 1.90. The Morgan fingerprint density at radius 2 is 1.22 bits per heavy atom. The molecule has 0 fully saturated rings. The molecule has 0 amide bonds. The van der Waals surface area contributed by atoms with Crippen molar-refractivity contribution in [2.24, 2.45) is 5.92 Å². The standard InChI is InChI=1S/C4H10O.3ClH.Ti/c1-4(2)3-5;;;;/h4-5H,3H2,1-2H3;3*1H;. The van der Waals surface area contributed by atoms with Crippen molar-refractivity contribution in [3.05, 3.63) is 0 Å². The zero-order chi connectivity index (χ0) is 4.28. The molecule has 0 aromatic rings. The van der Waals surface area contributed by atoms with Crippen LogP contribution < -0.4 is 0 Å². The molecule has 0 atom stereocenters. The van der Waals surface area contributed by atoms with Crippen molar-refractivity contribution in [3.63, 3.8) is 0 Å². The van der Waals surface area contributed by atoms with Crippen LogP contribution in [-0.2, 0) is 21.7 Å². The molecule has 1 nitrogen and oxygen atoms in total. The van der Waals surface area contributed by atoms with Crippen LogP contribution in [-0.4, -0.2) is 11.7 Å². The summed E-state index contributed by atoms with van der Waals surface area (Å²) in [6, 6.07) is 0. The monoisotopic (exact) mass is 230 g/mol. The molecule has 0 saturated heterocycles. The second kappa shape index (κ2) is 22.7. The molecule has 0 unspecified atom stereocenters. The summed E-state index contributed by atoms with van der Waals surface area (Å²) >= 11 is 0. The van der Waals surface area contributed by atoms with Crippen molar-refractivity contribution in [2.75, 3.05) is 6.61 Å². The zero-order valence-corrected chi connectivity index (χ0v) is 9.47. The van der Waals surface area contributed by atoms with Crippen molar-refractivity contribution < 1.29 is 26.8 Å². The van der Waals surface area contributed by atoms with Gasteiger partial charge >= 0.3 is 0 Å². The maximum absolute atomic E-state index is 8.14. The molecule has 0 bridgehead atoms. The normalized spacial score (nSPS) is 5.33. The molecule has 60 valence electrons. The molecule has 0 radical (unpaired) electrons. The molecule has 0 spiro atoms. The Bertz CT molecular complexity index is 29.8. The largest absolute Gasteiger partial charge is 0.396 e. The molecule has 0 aromatic heterocycles. The molecule has 1 N–H and O–H groups in total. The van der Waals surface area contributed by atoms with Crippen LogP contribution in [0, 0.1) is 5.92 Å². The summed E-state index contributed by atoms with van der Waals surface area (Å²) in [5, 5.41) is 8.14. The smallest absolute Gasteiger partial charge is 0.0453 e. The topological polar surface area (TPSA) is 20.2 Å². The Balaban J connectivity index is -0.0000000133. The minimum absolute atomic E-state index is 0. The second-order valence-electron chi connectivity index (χ2n) is 1.58. The number of hydrogen-bond donors (Lipinski definition) is 1. The van der Waals surface area contributed by atoms with Gasteiger partial charge in [-0.1, -0.05) is 13.8 Å². The molecule has 5 heteroatoms. The van der Waals surface area contributed by atoms with Crippen LogP contribution in [0.25, 0.3) is 0 Å². The molecule has 0 aliphatic rings. The van der Waals surface area contributed by atoms with Crippen LogP contribution in [0.1, 0.15) is 13.8 Å². The van der Waals surface area contributed by atoms with E-state index in [2.05, 4.69) is 0 Å². The summed E-state index contributed by atoms with van der Waals surface area (Å²) in [5.41, 5.74) is 0. The summed E-state index contributed by atoms with van der Waals surface area (Å²) in [6.07, 6.45) is 0. The van der Waals surface area contributed by atoms with Crippen molar-refractivity contribution in [1.82, 2.24) is 0 Å². The van der Waals surface area contributed by atoms with E-state index in [1.54, 1.807) is 0 Å². The summed E-state index contributed by atoms with van der Waals surface area (Å²) < 4.78 is 0. The number of aliphatic hydroxyl groups excluding tert-OH is 1. The Hall–Kier alpha value is 1.54. The fraction of sp³-hybridized carbons (Fsp3) is 1.00.